The SMILES string of the molecule is COc1cc(N(C)c2nn(C3CCOCC3)c3c2CN(C(C)=O)CC3)ccc1N. The van der Waals surface area contributed by atoms with E-state index >= 15 is 0 Å². The summed E-state index contributed by atoms with van der Waals surface area (Å²) in [5.41, 5.74) is 9.88. The number of ether oxygens (including phenoxy) is 2. The molecule has 2 N–H and O–H groups in total. The predicted octanol–water partition coefficient (Wildman–Crippen LogP) is 2.50. The molecule has 156 valence electrons. The Morgan fingerprint density at radius 3 is 2.79 bits per heavy atom. The number of aromatic nitrogens is 2. The normalized spacial score (nSPS) is 17.1. The number of carbonyl (C=O) groups is 1. The molecule has 2 aliphatic rings. The van der Waals surface area contributed by atoms with Crippen LogP contribution in [0.4, 0.5) is 17.2 Å². The van der Waals surface area contributed by atoms with Gasteiger partial charge in [0.05, 0.1) is 25.4 Å². The van der Waals surface area contributed by atoms with E-state index in [9.17, 15) is 4.79 Å². The molecule has 2 aliphatic heterocycles. The van der Waals surface area contributed by atoms with Crippen molar-refractivity contribution in [1.82, 2.24) is 14.7 Å². The van der Waals surface area contributed by atoms with E-state index in [2.05, 4.69) is 9.58 Å². The first-order valence-electron chi connectivity index (χ1n) is 10.1. The van der Waals surface area contributed by atoms with Gasteiger partial charge in [-0.05, 0) is 25.0 Å². The minimum atomic E-state index is 0.0947. The Labute approximate surface area is 171 Å². The van der Waals surface area contributed by atoms with Crippen LogP contribution in [-0.2, 0) is 22.5 Å². The lowest BCUT2D eigenvalue weighted by atomic mass is 10.0. The van der Waals surface area contributed by atoms with Gasteiger partial charge in [0.25, 0.3) is 0 Å². The first-order chi connectivity index (χ1) is 14.0. The number of amides is 1. The number of methoxy groups -OCH3 is 1. The van der Waals surface area contributed by atoms with Crippen molar-refractivity contribution in [3.8, 4) is 5.75 Å². The number of carbonyl (C=O) groups excluding carboxylic acids is 1. The van der Waals surface area contributed by atoms with Gasteiger partial charge in [-0.25, -0.2) is 0 Å². The molecule has 8 heteroatoms. The van der Waals surface area contributed by atoms with Gasteiger partial charge in [0.15, 0.2) is 5.82 Å². The summed E-state index contributed by atoms with van der Waals surface area (Å²) in [7, 11) is 3.61. The molecule has 0 radical (unpaired) electrons. The second kappa shape index (κ2) is 7.94. The number of benzene rings is 1. The molecule has 1 fully saturated rings. The summed E-state index contributed by atoms with van der Waals surface area (Å²) in [6.45, 7) is 4.47. The van der Waals surface area contributed by atoms with Crippen molar-refractivity contribution in [1.29, 1.82) is 0 Å². The van der Waals surface area contributed by atoms with Gasteiger partial charge >= 0.3 is 0 Å². The fourth-order valence-electron chi connectivity index (χ4n) is 4.23. The average molecular weight is 399 g/mol. The molecular weight excluding hydrogens is 370 g/mol. The van der Waals surface area contributed by atoms with E-state index in [1.54, 1.807) is 14.0 Å². The minimum absolute atomic E-state index is 0.0947. The quantitative estimate of drug-likeness (QED) is 0.795. The van der Waals surface area contributed by atoms with Gasteiger partial charge in [0.1, 0.15) is 5.75 Å². The van der Waals surface area contributed by atoms with Crippen LogP contribution in [0.5, 0.6) is 5.75 Å². The van der Waals surface area contributed by atoms with Gasteiger partial charge in [0, 0.05) is 63.2 Å². The summed E-state index contributed by atoms with van der Waals surface area (Å²) >= 11 is 0. The summed E-state index contributed by atoms with van der Waals surface area (Å²) in [6.07, 6.45) is 2.74. The smallest absolute Gasteiger partial charge is 0.219 e. The fraction of sp³-hybridized carbons (Fsp3) is 0.524. The maximum Gasteiger partial charge on any atom is 0.219 e. The number of nitrogens with zero attached hydrogens (tertiary/aromatic N) is 4. The Morgan fingerprint density at radius 2 is 2.10 bits per heavy atom. The van der Waals surface area contributed by atoms with Crippen molar-refractivity contribution >= 4 is 23.1 Å². The van der Waals surface area contributed by atoms with E-state index in [0.29, 0.717) is 24.0 Å². The molecule has 0 bridgehead atoms. The van der Waals surface area contributed by atoms with Crippen LogP contribution in [0.3, 0.4) is 0 Å². The van der Waals surface area contributed by atoms with Gasteiger partial charge in [-0.1, -0.05) is 0 Å². The first kappa shape index (κ1) is 19.6. The number of rotatable bonds is 4. The third-order valence-electron chi connectivity index (χ3n) is 5.97. The molecule has 4 rings (SSSR count). The van der Waals surface area contributed by atoms with E-state index in [-0.39, 0.29) is 5.91 Å². The zero-order valence-electron chi connectivity index (χ0n) is 17.4. The lowest BCUT2D eigenvalue weighted by molar-refractivity contribution is -0.129. The molecule has 1 saturated heterocycles. The molecule has 0 spiro atoms. The Morgan fingerprint density at radius 1 is 1.34 bits per heavy atom. The fourth-order valence-corrected chi connectivity index (χ4v) is 4.23. The van der Waals surface area contributed by atoms with E-state index in [4.69, 9.17) is 20.3 Å². The molecule has 0 unspecified atom stereocenters. The van der Waals surface area contributed by atoms with Gasteiger partial charge in [-0.3, -0.25) is 9.48 Å². The van der Waals surface area contributed by atoms with Gasteiger partial charge in [-0.15, -0.1) is 0 Å². The molecule has 1 aromatic carbocycles. The maximum atomic E-state index is 12.0. The van der Waals surface area contributed by atoms with Crippen LogP contribution in [0.15, 0.2) is 18.2 Å². The zero-order valence-corrected chi connectivity index (χ0v) is 17.4. The van der Waals surface area contributed by atoms with Gasteiger partial charge in [0.2, 0.25) is 5.91 Å². The second-order valence-corrected chi connectivity index (χ2v) is 7.71. The van der Waals surface area contributed by atoms with Crippen LogP contribution in [0.25, 0.3) is 0 Å². The Balaban J connectivity index is 1.75. The highest BCUT2D eigenvalue weighted by Crippen LogP contribution is 2.37. The van der Waals surface area contributed by atoms with Crippen LogP contribution < -0.4 is 15.4 Å². The van der Waals surface area contributed by atoms with Crippen molar-refractivity contribution in [2.24, 2.45) is 0 Å². The Bertz CT molecular complexity index is 904. The van der Waals surface area contributed by atoms with Crippen LogP contribution in [0, 0.1) is 0 Å². The molecule has 0 saturated carbocycles. The summed E-state index contributed by atoms with van der Waals surface area (Å²) in [4.78, 5) is 16.0. The van der Waals surface area contributed by atoms with Gasteiger partial charge < -0.3 is 25.0 Å². The second-order valence-electron chi connectivity index (χ2n) is 7.71. The van der Waals surface area contributed by atoms with Gasteiger partial charge in [-0.2, -0.15) is 5.10 Å². The van der Waals surface area contributed by atoms with Crippen LogP contribution in [0.1, 0.15) is 37.1 Å². The third-order valence-corrected chi connectivity index (χ3v) is 5.97. The highest BCUT2D eigenvalue weighted by Gasteiger charge is 2.31. The number of fused-ring (bicyclic) bond motifs is 1. The van der Waals surface area contributed by atoms with Crippen LogP contribution in [-0.4, -0.2) is 54.5 Å². The number of nitrogen functional groups attached to an aromatic ring is 1. The van der Waals surface area contributed by atoms with E-state index < -0.39 is 0 Å². The van der Waals surface area contributed by atoms with E-state index in [0.717, 1.165) is 56.1 Å². The minimum Gasteiger partial charge on any atom is -0.495 e. The standard InChI is InChI=1S/C21H29N5O3/c1-14(27)25-9-6-19-17(13-25)21(23-26(19)15-7-10-29-11-8-15)24(2)16-4-5-18(22)20(12-16)28-3/h4-5,12,15H,6-11,13,22H2,1-3H3. The highest BCUT2D eigenvalue weighted by atomic mass is 16.5. The molecule has 1 amide bonds. The molecule has 2 aromatic rings. The number of anilines is 3. The lowest BCUT2D eigenvalue weighted by Gasteiger charge is -2.29. The topological polar surface area (TPSA) is 85.8 Å². The number of nitrogens with two attached hydrogens (primary N) is 1. The van der Waals surface area contributed by atoms with Crippen LogP contribution in [0.2, 0.25) is 0 Å². The van der Waals surface area contributed by atoms with Crippen molar-refractivity contribution in [3.05, 3.63) is 29.5 Å². The molecule has 0 atom stereocenters. The van der Waals surface area contributed by atoms with Crippen LogP contribution >= 0.6 is 0 Å². The highest BCUT2D eigenvalue weighted by molar-refractivity contribution is 5.75. The lowest BCUT2D eigenvalue weighted by Crippen LogP contribution is -2.35. The number of hydrogen-bond acceptors (Lipinski definition) is 6. The summed E-state index contributed by atoms with van der Waals surface area (Å²) in [5, 5.41) is 5.04. The maximum absolute atomic E-state index is 12.0. The molecule has 1 aromatic heterocycles. The molecular formula is C21H29N5O3. The van der Waals surface area contributed by atoms with Crippen molar-refractivity contribution in [3.63, 3.8) is 0 Å². The largest absolute Gasteiger partial charge is 0.495 e. The summed E-state index contributed by atoms with van der Waals surface area (Å²) < 4.78 is 13.1. The monoisotopic (exact) mass is 399 g/mol. The van der Waals surface area contributed by atoms with E-state index in [1.807, 2.05) is 30.1 Å². The van der Waals surface area contributed by atoms with E-state index in [1.165, 1.54) is 5.69 Å². The molecule has 8 nitrogen and oxygen atoms in total. The van der Waals surface area contributed by atoms with Crippen molar-refractivity contribution < 1.29 is 14.3 Å². The molecule has 3 heterocycles. The molecule has 29 heavy (non-hydrogen) atoms. The average Bonchev–Trinajstić information content (AvgIpc) is 3.13. The Kier molecular flexibility index (Phi) is 5.36. The summed E-state index contributed by atoms with van der Waals surface area (Å²) in [5.74, 6) is 1.61. The third kappa shape index (κ3) is 3.64. The predicted molar refractivity (Wildman–Crippen MR) is 112 cm³/mol. The first-order valence-corrected chi connectivity index (χ1v) is 10.1. The summed E-state index contributed by atoms with van der Waals surface area (Å²) in [6, 6.07) is 6.06. The van der Waals surface area contributed by atoms with Crippen molar-refractivity contribution in [2.45, 2.75) is 38.8 Å². The Hall–Kier alpha value is -2.74. The number of hydrogen-bond donors (Lipinski definition) is 1. The van der Waals surface area contributed by atoms with Crippen molar-refractivity contribution in [2.75, 3.05) is 44.5 Å². The zero-order chi connectivity index (χ0) is 20.5. The molecule has 0 aliphatic carbocycles.